The lowest BCUT2D eigenvalue weighted by Gasteiger charge is -2.08. The van der Waals surface area contributed by atoms with Gasteiger partial charge in [0.15, 0.2) is 0 Å². The molecule has 3 N–H and O–H groups in total. The van der Waals surface area contributed by atoms with E-state index in [0.717, 1.165) is 22.2 Å². The number of aromatic nitrogens is 1. The Hall–Kier alpha value is -2.60. The highest BCUT2D eigenvalue weighted by Crippen LogP contribution is 2.35. The number of pyridine rings is 1. The van der Waals surface area contributed by atoms with E-state index in [1.165, 1.54) is 11.3 Å². The fraction of sp³-hybridized carbons (Fsp3) is 0.0476. The average Bonchev–Trinajstić information content (AvgIpc) is 3.02. The second-order valence-corrected chi connectivity index (χ2v) is 8.11. The quantitative estimate of drug-likeness (QED) is 0.396. The Kier molecular flexibility index (Phi) is 4.98. The smallest absolute Gasteiger partial charge is 0.267 e. The van der Waals surface area contributed by atoms with Gasteiger partial charge in [-0.25, -0.2) is 4.98 Å². The number of nitrogens with one attached hydrogen (secondary N) is 1. The largest absolute Gasteiger partial charge is 0.397 e. The van der Waals surface area contributed by atoms with Crippen molar-refractivity contribution >= 4 is 62.0 Å². The predicted molar refractivity (Wildman–Crippen MR) is 119 cm³/mol. The lowest BCUT2D eigenvalue weighted by atomic mass is 10.1. The molecule has 2 aromatic carbocycles. The number of fused-ring (bicyclic) bond motifs is 1. The first kappa shape index (κ1) is 18.7. The van der Waals surface area contributed by atoms with Crippen LogP contribution in [0.15, 0.2) is 54.6 Å². The number of nitrogens with zero attached hydrogens (tertiary/aromatic N) is 1. The van der Waals surface area contributed by atoms with Crippen LogP contribution in [0.3, 0.4) is 0 Å². The third-order valence-corrected chi connectivity index (χ3v) is 6.23. The van der Waals surface area contributed by atoms with Crippen LogP contribution in [0.1, 0.15) is 15.2 Å². The Bertz CT molecular complexity index is 1200. The molecule has 2 heterocycles. The van der Waals surface area contributed by atoms with E-state index >= 15 is 0 Å². The highest BCUT2D eigenvalue weighted by atomic mass is 35.5. The first-order valence-corrected chi connectivity index (χ1v) is 10.0. The molecule has 0 aliphatic carbocycles. The normalized spacial score (nSPS) is 11.0. The number of benzene rings is 2. The molecule has 0 radical (unpaired) electrons. The molecule has 2 aromatic heterocycles. The number of nitrogen functional groups attached to an aromatic ring is 1. The van der Waals surface area contributed by atoms with Crippen LogP contribution >= 0.6 is 34.5 Å². The van der Waals surface area contributed by atoms with Crippen LogP contribution in [0.2, 0.25) is 10.0 Å². The van der Waals surface area contributed by atoms with Gasteiger partial charge in [0.25, 0.3) is 5.91 Å². The summed E-state index contributed by atoms with van der Waals surface area (Å²) < 4.78 is 0. The molecule has 28 heavy (non-hydrogen) atoms. The number of amides is 1. The van der Waals surface area contributed by atoms with Crippen LogP contribution in [0.5, 0.6) is 0 Å². The van der Waals surface area contributed by atoms with Crippen molar-refractivity contribution in [1.29, 1.82) is 0 Å². The molecule has 0 saturated heterocycles. The Labute approximate surface area is 175 Å². The van der Waals surface area contributed by atoms with Gasteiger partial charge in [0, 0.05) is 26.7 Å². The summed E-state index contributed by atoms with van der Waals surface area (Å²) in [6, 6.07) is 16.6. The number of carbonyl (C=O) groups is 1. The second-order valence-electron chi connectivity index (χ2n) is 6.27. The Morgan fingerprint density at radius 2 is 1.82 bits per heavy atom. The summed E-state index contributed by atoms with van der Waals surface area (Å²) in [6.07, 6.45) is 0. The van der Waals surface area contributed by atoms with Crippen molar-refractivity contribution in [2.24, 2.45) is 0 Å². The summed E-state index contributed by atoms with van der Waals surface area (Å²) in [5.41, 5.74) is 9.86. The number of nitrogens with two attached hydrogens (primary N) is 1. The number of thiophene rings is 1. The molecule has 0 atom stereocenters. The van der Waals surface area contributed by atoms with Gasteiger partial charge in [-0.1, -0.05) is 41.4 Å². The van der Waals surface area contributed by atoms with E-state index in [-0.39, 0.29) is 5.91 Å². The molecule has 0 unspecified atom stereocenters. The predicted octanol–water partition coefficient (Wildman–Crippen LogP) is 6.41. The van der Waals surface area contributed by atoms with E-state index in [1.54, 1.807) is 18.2 Å². The van der Waals surface area contributed by atoms with E-state index in [1.807, 2.05) is 43.3 Å². The molecular weight excluding hydrogens is 413 g/mol. The summed E-state index contributed by atoms with van der Waals surface area (Å²) in [5.74, 6) is -0.279. The summed E-state index contributed by atoms with van der Waals surface area (Å²) in [5, 5.41) is 4.91. The summed E-state index contributed by atoms with van der Waals surface area (Å²) in [7, 11) is 0. The molecule has 4 aromatic rings. The second kappa shape index (κ2) is 7.43. The lowest BCUT2D eigenvalue weighted by molar-refractivity contribution is 0.103. The van der Waals surface area contributed by atoms with E-state index in [2.05, 4.69) is 10.3 Å². The molecule has 0 saturated carbocycles. The molecule has 0 fully saturated rings. The molecule has 0 aliphatic heterocycles. The van der Waals surface area contributed by atoms with E-state index in [9.17, 15) is 4.79 Å². The van der Waals surface area contributed by atoms with E-state index in [4.69, 9.17) is 28.9 Å². The number of carbonyl (C=O) groups excluding carboxylic acids is 1. The van der Waals surface area contributed by atoms with Crippen LogP contribution < -0.4 is 11.1 Å². The minimum Gasteiger partial charge on any atom is -0.397 e. The van der Waals surface area contributed by atoms with Gasteiger partial charge in [0.2, 0.25) is 0 Å². The molecule has 4 nitrogen and oxygen atoms in total. The summed E-state index contributed by atoms with van der Waals surface area (Å²) in [6.45, 7) is 1.85. The number of anilines is 2. The minimum absolute atomic E-state index is 0.279. The molecule has 4 rings (SSSR count). The maximum atomic E-state index is 12.8. The average molecular weight is 428 g/mol. The van der Waals surface area contributed by atoms with Gasteiger partial charge in [0.1, 0.15) is 9.71 Å². The molecule has 0 spiro atoms. The number of rotatable bonds is 3. The zero-order valence-corrected chi connectivity index (χ0v) is 17.1. The Morgan fingerprint density at radius 1 is 1.07 bits per heavy atom. The van der Waals surface area contributed by atoms with Crippen LogP contribution in [0, 0.1) is 6.92 Å². The van der Waals surface area contributed by atoms with Crippen molar-refractivity contribution in [2.45, 2.75) is 6.92 Å². The van der Waals surface area contributed by atoms with Gasteiger partial charge in [-0.15, -0.1) is 11.3 Å². The molecule has 140 valence electrons. The minimum atomic E-state index is -0.279. The molecule has 0 aliphatic rings. The van der Waals surface area contributed by atoms with Gasteiger partial charge in [-0.05, 0) is 48.9 Å². The Balaban J connectivity index is 1.69. The summed E-state index contributed by atoms with van der Waals surface area (Å²) in [4.78, 5) is 18.6. The first-order valence-electron chi connectivity index (χ1n) is 8.45. The molecule has 7 heteroatoms. The molecule has 1 amide bonds. The van der Waals surface area contributed by atoms with Gasteiger partial charge < -0.3 is 11.1 Å². The first-order chi connectivity index (χ1) is 13.4. The summed E-state index contributed by atoms with van der Waals surface area (Å²) >= 11 is 13.4. The van der Waals surface area contributed by atoms with Gasteiger partial charge in [-0.3, -0.25) is 4.79 Å². The van der Waals surface area contributed by atoms with Crippen LogP contribution in [0.25, 0.3) is 21.5 Å². The monoisotopic (exact) mass is 427 g/mol. The van der Waals surface area contributed by atoms with Crippen molar-refractivity contribution in [1.82, 2.24) is 4.98 Å². The lowest BCUT2D eigenvalue weighted by Crippen LogP contribution is -2.12. The van der Waals surface area contributed by atoms with Crippen LogP contribution in [0.4, 0.5) is 11.4 Å². The maximum Gasteiger partial charge on any atom is 0.267 e. The van der Waals surface area contributed by atoms with Gasteiger partial charge in [-0.2, -0.15) is 0 Å². The maximum absolute atomic E-state index is 12.8. The highest BCUT2D eigenvalue weighted by molar-refractivity contribution is 7.21. The van der Waals surface area contributed by atoms with Crippen LogP contribution in [-0.2, 0) is 0 Å². The molecule has 0 bridgehead atoms. The number of halogens is 2. The molecular formula is C21H15Cl2N3OS. The van der Waals surface area contributed by atoms with Crippen molar-refractivity contribution in [3.05, 3.63) is 75.1 Å². The third-order valence-electron chi connectivity index (χ3n) is 4.46. The zero-order chi connectivity index (χ0) is 19.8. The number of hydrogen-bond donors (Lipinski definition) is 2. The Morgan fingerprint density at radius 3 is 2.57 bits per heavy atom. The highest BCUT2D eigenvalue weighted by Gasteiger charge is 2.19. The van der Waals surface area contributed by atoms with Crippen molar-refractivity contribution in [2.75, 3.05) is 11.1 Å². The standard InChI is InChI=1S/C21H15Cl2N3OS/c1-11-15(23)3-2-4-16(11)25-20(27)19-18(24)14-9-10-17(26-21(14)28-19)12-5-7-13(22)8-6-12/h2-10H,24H2,1H3,(H,25,27). The van der Waals surface area contributed by atoms with Gasteiger partial charge >= 0.3 is 0 Å². The fourth-order valence-electron chi connectivity index (χ4n) is 2.87. The van der Waals surface area contributed by atoms with E-state index in [0.29, 0.717) is 31.1 Å². The number of hydrogen-bond acceptors (Lipinski definition) is 4. The van der Waals surface area contributed by atoms with Crippen molar-refractivity contribution in [3.8, 4) is 11.3 Å². The fourth-order valence-corrected chi connectivity index (χ4v) is 4.16. The topological polar surface area (TPSA) is 68.0 Å². The third kappa shape index (κ3) is 3.44. The SMILES string of the molecule is Cc1c(Cl)cccc1NC(=O)c1sc2nc(-c3ccc(Cl)cc3)ccc2c1N. The van der Waals surface area contributed by atoms with E-state index < -0.39 is 0 Å². The van der Waals surface area contributed by atoms with Crippen molar-refractivity contribution < 1.29 is 4.79 Å². The van der Waals surface area contributed by atoms with Gasteiger partial charge in [0.05, 0.1) is 11.4 Å². The van der Waals surface area contributed by atoms with Crippen LogP contribution in [-0.4, -0.2) is 10.9 Å². The zero-order valence-electron chi connectivity index (χ0n) is 14.8. The van der Waals surface area contributed by atoms with Crippen molar-refractivity contribution in [3.63, 3.8) is 0 Å².